The van der Waals surface area contributed by atoms with E-state index in [-0.39, 0.29) is 12.5 Å². The Bertz CT molecular complexity index is 413. The number of nitrogens with two attached hydrogens (primary N) is 1. The van der Waals surface area contributed by atoms with Crippen molar-refractivity contribution in [2.75, 3.05) is 24.8 Å². The Morgan fingerprint density at radius 1 is 1.50 bits per heavy atom. The summed E-state index contributed by atoms with van der Waals surface area (Å²) < 4.78 is 4.76. The lowest BCUT2D eigenvalue weighted by Gasteiger charge is -2.20. The number of aromatic nitrogens is 1. The van der Waals surface area contributed by atoms with E-state index in [1.807, 2.05) is 0 Å². The third kappa shape index (κ3) is 3.20. The van der Waals surface area contributed by atoms with Gasteiger partial charge < -0.3 is 10.5 Å². The van der Waals surface area contributed by atoms with Gasteiger partial charge in [-0.25, -0.2) is 4.98 Å². The van der Waals surface area contributed by atoms with E-state index in [4.69, 9.17) is 10.5 Å². The van der Waals surface area contributed by atoms with Gasteiger partial charge in [0.25, 0.3) is 5.91 Å². The van der Waals surface area contributed by atoms with Crippen LogP contribution >= 0.6 is 11.3 Å². The highest BCUT2D eigenvalue weighted by Gasteiger charge is 2.22. The third-order valence-corrected chi connectivity index (χ3v) is 4.01. The fourth-order valence-electron chi connectivity index (χ4n) is 2.35. The van der Waals surface area contributed by atoms with Gasteiger partial charge in [-0.05, 0) is 12.8 Å². The number of thiazole rings is 1. The molecule has 0 unspecified atom stereocenters. The van der Waals surface area contributed by atoms with Crippen LogP contribution in [0.1, 0.15) is 43.7 Å². The first-order valence-electron chi connectivity index (χ1n) is 6.25. The number of nitrogens with one attached hydrogen (secondary N) is 1. The molecule has 1 heterocycles. The Morgan fingerprint density at radius 2 is 2.22 bits per heavy atom. The van der Waals surface area contributed by atoms with Gasteiger partial charge in [0.1, 0.15) is 11.6 Å². The van der Waals surface area contributed by atoms with Crippen LogP contribution in [0.5, 0.6) is 0 Å². The number of nitrogen functional groups attached to an aromatic ring is 1. The molecule has 1 saturated carbocycles. The molecule has 0 radical (unpaired) electrons. The fourth-order valence-corrected chi connectivity index (χ4v) is 3.19. The molecule has 1 amide bonds. The molecule has 0 spiro atoms. The number of anilines is 2. The molecule has 2 rings (SSSR count). The average molecular weight is 269 g/mol. The minimum Gasteiger partial charge on any atom is -0.389 e. The molecule has 5 nitrogen and oxygen atoms in total. The number of carbonyl (C=O) groups is 1. The number of hydrogen-bond donors (Lipinski definition) is 2. The first-order chi connectivity index (χ1) is 8.70. The van der Waals surface area contributed by atoms with Crippen LogP contribution < -0.4 is 11.1 Å². The van der Waals surface area contributed by atoms with E-state index in [1.165, 1.54) is 37.7 Å². The fraction of sp³-hybridized carbons (Fsp3) is 0.667. The molecule has 0 bridgehead atoms. The van der Waals surface area contributed by atoms with E-state index in [0.717, 1.165) is 23.5 Å². The van der Waals surface area contributed by atoms with Crippen molar-refractivity contribution in [2.45, 2.75) is 38.0 Å². The van der Waals surface area contributed by atoms with Crippen molar-refractivity contribution >= 4 is 27.4 Å². The molecule has 1 fully saturated rings. The molecule has 100 valence electrons. The highest BCUT2D eigenvalue weighted by molar-refractivity contribution is 7.19. The van der Waals surface area contributed by atoms with E-state index in [2.05, 4.69) is 10.3 Å². The minimum absolute atomic E-state index is 0.0399. The van der Waals surface area contributed by atoms with Crippen molar-refractivity contribution in [1.29, 1.82) is 0 Å². The Kier molecular flexibility index (Phi) is 4.54. The lowest BCUT2D eigenvalue weighted by Crippen LogP contribution is -2.17. The summed E-state index contributed by atoms with van der Waals surface area (Å²) in [6, 6.07) is 0. The summed E-state index contributed by atoms with van der Waals surface area (Å²) in [4.78, 5) is 15.9. The molecule has 0 aromatic carbocycles. The standard InChI is InChI=1S/C12H19N3O2S/c1-17-7-9(16)14-12-15-10(11(13)18-12)8-5-3-2-4-6-8/h8H,2-7,13H2,1H3,(H,14,15,16). The van der Waals surface area contributed by atoms with Gasteiger partial charge in [-0.15, -0.1) is 0 Å². The quantitative estimate of drug-likeness (QED) is 0.879. The Balaban J connectivity index is 2.04. The zero-order valence-electron chi connectivity index (χ0n) is 10.6. The largest absolute Gasteiger partial charge is 0.389 e. The summed E-state index contributed by atoms with van der Waals surface area (Å²) in [7, 11) is 1.49. The second-order valence-corrected chi connectivity index (χ2v) is 5.62. The van der Waals surface area contributed by atoms with Crippen molar-refractivity contribution < 1.29 is 9.53 Å². The summed E-state index contributed by atoms with van der Waals surface area (Å²) >= 11 is 1.34. The zero-order chi connectivity index (χ0) is 13.0. The first kappa shape index (κ1) is 13.3. The molecular weight excluding hydrogens is 250 g/mol. The monoisotopic (exact) mass is 269 g/mol. The Labute approximate surface area is 111 Å². The predicted molar refractivity (Wildman–Crippen MR) is 72.9 cm³/mol. The molecule has 1 aromatic heterocycles. The summed E-state index contributed by atoms with van der Waals surface area (Å²) in [6.45, 7) is 0.0399. The van der Waals surface area contributed by atoms with Crippen molar-refractivity contribution in [2.24, 2.45) is 0 Å². The number of amides is 1. The van der Waals surface area contributed by atoms with Crippen LogP contribution in [0.15, 0.2) is 0 Å². The van der Waals surface area contributed by atoms with Crippen LogP contribution in [0.3, 0.4) is 0 Å². The van der Waals surface area contributed by atoms with Crippen LogP contribution in [-0.2, 0) is 9.53 Å². The van der Waals surface area contributed by atoms with Gasteiger partial charge in [-0.2, -0.15) is 0 Å². The van der Waals surface area contributed by atoms with Crippen LogP contribution in [0.2, 0.25) is 0 Å². The lowest BCUT2D eigenvalue weighted by molar-refractivity contribution is -0.119. The minimum atomic E-state index is -0.193. The maximum absolute atomic E-state index is 11.4. The molecule has 1 aromatic rings. The second-order valence-electron chi connectivity index (χ2n) is 4.58. The van der Waals surface area contributed by atoms with E-state index in [9.17, 15) is 4.79 Å². The second kappa shape index (κ2) is 6.15. The summed E-state index contributed by atoms with van der Waals surface area (Å²) in [6.07, 6.45) is 6.09. The van der Waals surface area contributed by atoms with Crippen LogP contribution in [-0.4, -0.2) is 24.6 Å². The maximum atomic E-state index is 11.4. The van der Waals surface area contributed by atoms with Gasteiger partial charge in [0.05, 0.1) is 5.69 Å². The highest BCUT2D eigenvalue weighted by atomic mass is 32.1. The van der Waals surface area contributed by atoms with E-state index >= 15 is 0 Å². The number of carbonyl (C=O) groups excluding carboxylic acids is 1. The van der Waals surface area contributed by atoms with Crippen LogP contribution in [0.4, 0.5) is 10.1 Å². The van der Waals surface area contributed by atoms with Gasteiger partial charge >= 0.3 is 0 Å². The number of ether oxygens (including phenoxy) is 1. The lowest BCUT2D eigenvalue weighted by atomic mass is 9.87. The summed E-state index contributed by atoms with van der Waals surface area (Å²) in [5, 5.41) is 4.02. The van der Waals surface area contributed by atoms with Crippen molar-refractivity contribution in [1.82, 2.24) is 4.98 Å². The van der Waals surface area contributed by atoms with Crippen molar-refractivity contribution in [3.05, 3.63) is 5.69 Å². The number of methoxy groups -OCH3 is 1. The number of hydrogen-bond acceptors (Lipinski definition) is 5. The van der Waals surface area contributed by atoms with Crippen molar-refractivity contribution in [3.63, 3.8) is 0 Å². The normalized spacial score (nSPS) is 16.7. The summed E-state index contributed by atoms with van der Waals surface area (Å²) in [5.41, 5.74) is 6.96. The van der Waals surface area contributed by atoms with Crippen LogP contribution in [0, 0.1) is 0 Å². The molecule has 1 aliphatic carbocycles. The molecule has 0 atom stereocenters. The molecular formula is C12H19N3O2S. The SMILES string of the molecule is COCC(=O)Nc1nc(C2CCCCC2)c(N)s1. The van der Waals surface area contributed by atoms with Gasteiger partial charge in [0.15, 0.2) is 5.13 Å². The number of rotatable bonds is 4. The third-order valence-electron chi connectivity index (χ3n) is 3.19. The first-order valence-corrected chi connectivity index (χ1v) is 7.07. The van der Waals surface area contributed by atoms with Gasteiger partial charge in [-0.1, -0.05) is 30.6 Å². The number of nitrogens with zero attached hydrogens (tertiary/aromatic N) is 1. The smallest absolute Gasteiger partial charge is 0.252 e. The van der Waals surface area contributed by atoms with Gasteiger partial charge in [0.2, 0.25) is 0 Å². The molecule has 0 saturated heterocycles. The van der Waals surface area contributed by atoms with Gasteiger partial charge in [0, 0.05) is 13.0 Å². The molecule has 3 N–H and O–H groups in total. The maximum Gasteiger partial charge on any atom is 0.252 e. The van der Waals surface area contributed by atoms with E-state index < -0.39 is 0 Å². The Hall–Kier alpha value is -1.14. The molecule has 1 aliphatic rings. The van der Waals surface area contributed by atoms with E-state index in [1.54, 1.807) is 0 Å². The van der Waals surface area contributed by atoms with Gasteiger partial charge in [-0.3, -0.25) is 10.1 Å². The Morgan fingerprint density at radius 3 is 2.89 bits per heavy atom. The molecule has 18 heavy (non-hydrogen) atoms. The molecule has 6 heteroatoms. The van der Waals surface area contributed by atoms with Crippen molar-refractivity contribution in [3.8, 4) is 0 Å². The topological polar surface area (TPSA) is 77.2 Å². The van der Waals surface area contributed by atoms with Crippen LogP contribution in [0.25, 0.3) is 0 Å². The van der Waals surface area contributed by atoms with E-state index in [0.29, 0.717) is 11.0 Å². The average Bonchev–Trinajstić information content (AvgIpc) is 2.71. The summed E-state index contributed by atoms with van der Waals surface area (Å²) in [5.74, 6) is 0.268. The molecule has 0 aliphatic heterocycles. The predicted octanol–water partition coefficient (Wildman–Crippen LogP) is 2.36. The zero-order valence-corrected chi connectivity index (χ0v) is 11.4. The highest BCUT2D eigenvalue weighted by Crippen LogP contribution is 2.38.